The summed E-state index contributed by atoms with van der Waals surface area (Å²) in [6.45, 7) is 6.76. The zero-order valence-corrected chi connectivity index (χ0v) is 7.30. The molecule has 0 bridgehead atoms. The van der Waals surface area contributed by atoms with Crippen molar-refractivity contribution < 1.29 is 4.90 Å². The molecule has 0 aliphatic heterocycles. The Morgan fingerprint density at radius 2 is 1.55 bits per heavy atom. The molecule has 0 amide bonds. The molecule has 0 aliphatic rings. The fraction of sp³-hybridized carbons (Fsp3) is 0.400. The lowest BCUT2D eigenvalue weighted by Gasteiger charge is -2.13. The Hall–Kier alpha value is -0.820. The van der Waals surface area contributed by atoms with Crippen molar-refractivity contribution in [1.29, 1.82) is 0 Å². The van der Waals surface area contributed by atoms with E-state index in [-0.39, 0.29) is 0 Å². The first-order chi connectivity index (χ1) is 5.38. The van der Waals surface area contributed by atoms with Gasteiger partial charge in [-0.3, -0.25) is 0 Å². The van der Waals surface area contributed by atoms with Crippen molar-refractivity contribution in [2.75, 3.05) is 13.1 Å². The standard InChI is InChI=1S/C10H15N/c1-3-11(4-2)10-8-6-5-7-9-10/h5-9H,3-4H2,1-2H3/p+1. The Bertz CT molecular complexity index is 189. The highest BCUT2D eigenvalue weighted by molar-refractivity contribution is 5.27. The minimum atomic E-state index is 1.17. The van der Waals surface area contributed by atoms with Crippen molar-refractivity contribution in [3.8, 4) is 0 Å². The first-order valence-corrected chi connectivity index (χ1v) is 4.28. The summed E-state index contributed by atoms with van der Waals surface area (Å²) in [5, 5.41) is 0. The van der Waals surface area contributed by atoms with Crippen LogP contribution in [0.1, 0.15) is 13.8 Å². The van der Waals surface area contributed by atoms with Gasteiger partial charge in [-0.2, -0.15) is 0 Å². The minimum absolute atomic E-state index is 1.17. The van der Waals surface area contributed by atoms with E-state index in [0.29, 0.717) is 0 Å². The van der Waals surface area contributed by atoms with Gasteiger partial charge in [0, 0.05) is 0 Å². The molecule has 1 rings (SSSR count). The molecule has 60 valence electrons. The lowest BCUT2D eigenvalue weighted by atomic mass is 10.3. The fourth-order valence-electron chi connectivity index (χ4n) is 1.33. The third kappa shape index (κ3) is 2.05. The van der Waals surface area contributed by atoms with E-state index in [4.69, 9.17) is 0 Å². The second-order valence-corrected chi connectivity index (χ2v) is 2.68. The molecule has 1 aromatic carbocycles. The number of quaternary nitrogens is 1. The lowest BCUT2D eigenvalue weighted by molar-refractivity contribution is -0.828. The monoisotopic (exact) mass is 150 g/mol. The number of hydrogen-bond donors (Lipinski definition) is 1. The van der Waals surface area contributed by atoms with Crippen LogP contribution in [0, 0.1) is 0 Å². The quantitative estimate of drug-likeness (QED) is 0.661. The van der Waals surface area contributed by atoms with E-state index in [1.807, 2.05) is 0 Å². The summed E-state index contributed by atoms with van der Waals surface area (Å²) >= 11 is 0. The van der Waals surface area contributed by atoms with Gasteiger partial charge in [0.2, 0.25) is 0 Å². The van der Waals surface area contributed by atoms with Crippen molar-refractivity contribution in [2.24, 2.45) is 0 Å². The van der Waals surface area contributed by atoms with Crippen LogP contribution in [0.4, 0.5) is 5.69 Å². The van der Waals surface area contributed by atoms with Gasteiger partial charge in [-0.25, -0.2) is 0 Å². The molecule has 0 unspecified atom stereocenters. The minimum Gasteiger partial charge on any atom is -0.303 e. The summed E-state index contributed by atoms with van der Waals surface area (Å²) in [6, 6.07) is 10.6. The molecule has 0 saturated heterocycles. The molecule has 1 heteroatoms. The zero-order chi connectivity index (χ0) is 8.10. The molecule has 0 fully saturated rings. The average Bonchev–Trinajstić information content (AvgIpc) is 2.09. The predicted molar refractivity (Wildman–Crippen MR) is 48.1 cm³/mol. The summed E-state index contributed by atoms with van der Waals surface area (Å²) in [7, 11) is 0. The van der Waals surface area contributed by atoms with E-state index < -0.39 is 0 Å². The number of nitrogens with one attached hydrogen (secondary N) is 1. The third-order valence-electron chi connectivity index (χ3n) is 2.04. The van der Waals surface area contributed by atoms with E-state index in [1.54, 1.807) is 4.90 Å². The highest BCUT2D eigenvalue weighted by Crippen LogP contribution is 1.97. The number of rotatable bonds is 3. The van der Waals surface area contributed by atoms with Crippen molar-refractivity contribution in [3.05, 3.63) is 30.3 Å². The summed E-state index contributed by atoms with van der Waals surface area (Å²) in [6.07, 6.45) is 0. The average molecular weight is 150 g/mol. The zero-order valence-electron chi connectivity index (χ0n) is 7.30. The Morgan fingerprint density at radius 3 is 2.00 bits per heavy atom. The largest absolute Gasteiger partial charge is 0.303 e. The Morgan fingerprint density at radius 1 is 1.00 bits per heavy atom. The van der Waals surface area contributed by atoms with Crippen molar-refractivity contribution in [2.45, 2.75) is 13.8 Å². The van der Waals surface area contributed by atoms with E-state index in [1.165, 1.54) is 18.8 Å². The van der Waals surface area contributed by atoms with E-state index in [0.717, 1.165) is 0 Å². The molecule has 11 heavy (non-hydrogen) atoms. The highest BCUT2D eigenvalue weighted by atomic mass is 15.1. The molecule has 1 nitrogen and oxygen atoms in total. The van der Waals surface area contributed by atoms with Crippen LogP contribution in [0.3, 0.4) is 0 Å². The van der Waals surface area contributed by atoms with Crippen LogP contribution in [0.2, 0.25) is 0 Å². The summed E-state index contributed by atoms with van der Waals surface area (Å²) in [4.78, 5) is 1.55. The number of benzene rings is 1. The molecular formula is C10H16N+. The van der Waals surface area contributed by atoms with Gasteiger partial charge in [0.05, 0.1) is 13.1 Å². The summed E-state index contributed by atoms with van der Waals surface area (Å²) in [5.41, 5.74) is 1.40. The van der Waals surface area contributed by atoms with E-state index in [2.05, 4.69) is 44.2 Å². The van der Waals surface area contributed by atoms with Gasteiger partial charge >= 0.3 is 0 Å². The molecule has 0 aliphatic carbocycles. The van der Waals surface area contributed by atoms with Gasteiger partial charge in [-0.05, 0) is 26.0 Å². The molecule has 0 saturated carbocycles. The van der Waals surface area contributed by atoms with E-state index in [9.17, 15) is 0 Å². The maximum Gasteiger partial charge on any atom is 0.131 e. The maximum atomic E-state index is 2.21. The van der Waals surface area contributed by atoms with Gasteiger partial charge in [-0.1, -0.05) is 18.2 Å². The Kier molecular flexibility index (Phi) is 3.12. The van der Waals surface area contributed by atoms with Crippen molar-refractivity contribution in [3.63, 3.8) is 0 Å². The van der Waals surface area contributed by atoms with Gasteiger partial charge < -0.3 is 4.90 Å². The number of hydrogen-bond acceptors (Lipinski definition) is 0. The number of para-hydroxylation sites is 1. The van der Waals surface area contributed by atoms with Gasteiger partial charge in [0.1, 0.15) is 5.69 Å². The molecule has 1 aromatic rings. The smallest absolute Gasteiger partial charge is 0.131 e. The van der Waals surface area contributed by atoms with Crippen LogP contribution in [0.15, 0.2) is 30.3 Å². The van der Waals surface area contributed by atoms with Crippen LogP contribution >= 0.6 is 0 Å². The fourth-order valence-corrected chi connectivity index (χ4v) is 1.33. The summed E-state index contributed by atoms with van der Waals surface area (Å²) in [5.74, 6) is 0. The first-order valence-electron chi connectivity index (χ1n) is 4.28. The maximum absolute atomic E-state index is 2.21. The lowest BCUT2D eigenvalue weighted by Crippen LogP contribution is -3.06. The highest BCUT2D eigenvalue weighted by Gasteiger charge is 2.03. The molecule has 0 atom stereocenters. The van der Waals surface area contributed by atoms with Crippen LogP contribution in [-0.4, -0.2) is 13.1 Å². The van der Waals surface area contributed by atoms with Gasteiger partial charge in [0.25, 0.3) is 0 Å². The predicted octanol–water partition coefficient (Wildman–Crippen LogP) is 1.24. The van der Waals surface area contributed by atoms with Gasteiger partial charge in [-0.15, -0.1) is 0 Å². The van der Waals surface area contributed by atoms with Crippen LogP contribution < -0.4 is 4.90 Å². The Balaban J connectivity index is 2.74. The topological polar surface area (TPSA) is 4.44 Å². The second kappa shape index (κ2) is 4.14. The summed E-state index contributed by atoms with van der Waals surface area (Å²) < 4.78 is 0. The molecule has 0 spiro atoms. The molecule has 0 heterocycles. The van der Waals surface area contributed by atoms with Crippen LogP contribution in [0.5, 0.6) is 0 Å². The first kappa shape index (κ1) is 8.28. The van der Waals surface area contributed by atoms with Crippen molar-refractivity contribution in [1.82, 2.24) is 0 Å². The molecule has 0 aromatic heterocycles. The third-order valence-corrected chi connectivity index (χ3v) is 2.04. The SMILES string of the molecule is CC[NH+](CC)c1ccccc1. The molecule has 0 radical (unpaired) electrons. The normalized spacial score (nSPS) is 10.5. The van der Waals surface area contributed by atoms with E-state index >= 15 is 0 Å². The molecule has 1 N–H and O–H groups in total. The van der Waals surface area contributed by atoms with Crippen LogP contribution in [-0.2, 0) is 0 Å². The van der Waals surface area contributed by atoms with Crippen molar-refractivity contribution >= 4 is 5.69 Å². The molecular weight excluding hydrogens is 134 g/mol. The Labute approximate surface area is 68.7 Å². The van der Waals surface area contributed by atoms with Gasteiger partial charge in [0.15, 0.2) is 0 Å². The van der Waals surface area contributed by atoms with Crippen LogP contribution in [0.25, 0.3) is 0 Å². The second-order valence-electron chi connectivity index (χ2n) is 2.68.